The maximum atomic E-state index is 12.3. The van der Waals surface area contributed by atoms with E-state index in [0.717, 1.165) is 25.3 Å². The van der Waals surface area contributed by atoms with E-state index in [1.54, 1.807) is 25.3 Å². The summed E-state index contributed by atoms with van der Waals surface area (Å²) in [4.78, 5) is 19.2. The molecule has 23 heavy (non-hydrogen) atoms. The van der Waals surface area contributed by atoms with Crippen LogP contribution in [0.25, 0.3) is 0 Å². The number of piperidine rings is 1. The monoisotopic (exact) mass is 331 g/mol. The smallest absolute Gasteiger partial charge is 0.257 e. The zero-order valence-corrected chi connectivity index (χ0v) is 14.1. The van der Waals surface area contributed by atoms with Gasteiger partial charge >= 0.3 is 0 Å². The minimum atomic E-state index is -0.164. The second kappa shape index (κ2) is 7.57. The first-order valence-electron chi connectivity index (χ1n) is 7.87. The van der Waals surface area contributed by atoms with Gasteiger partial charge in [-0.3, -0.25) is 15.0 Å². The van der Waals surface area contributed by atoms with Gasteiger partial charge in [0.25, 0.3) is 5.91 Å². The average Bonchev–Trinajstić information content (AvgIpc) is 3.02. The zero-order chi connectivity index (χ0) is 16.1. The molecular formula is C17H21N3O2S. The minimum Gasteiger partial charge on any atom is -0.497 e. The van der Waals surface area contributed by atoms with Gasteiger partial charge in [-0.25, -0.2) is 4.98 Å². The molecule has 2 heterocycles. The summed E-state index contributed by atoms with van der Waals surface area (Å²) in [5, 5.41) is 5.53. The Kier molecular flexibility index (Phi) is 5.25. The predicted molar refractivity (Wildman–Crippen MR) is 92.2 cm³/mol. The molecule has 2 aromatic rings. The van der Waals surface area contributed by atoms with Gasteiger partial charge in [0.1, 0.15) is 5.75 Å². The van der Waals surface area contributed by atoms with Gasteiger partial charge in [0.15, 0.2) is 5.13 Å². The van der Waals surface area contributed by atoms with Crippen molar-refractivity contribution in [2.24, 2.45) is 0 Å². The fourth-order valence-corrected chi connectivity index (χ4v) is 3.41. The molecule has 122 valence electrons. The number of thiazole rings is 1. The van der Waals surface area contributed by atoms with Crippen LogP contribution in [-0.2, 0) is 6.54 Å². The van der Waals surface area contributed by atoms with E-state index in [4.69, 9.17) is 4.74 Å². The summed E-state index contributed by atoms with van der Waals surface area (Å²) >= 11 is 1.47. The number of hydrogen-bond acceptors (Lipinski definition) is 5. The van der Waals surface area contributed by atoms with Crippen LogP contribution < -0.4 is 10.1 Å². The van der Waals surface area contributed by atoms with Crippen LogP contribution in [0.1, 0.15) is 35.3 Å². The van der Waals surface area contributed by atoms with Gasteiger partial charge in [0.05, 0.1) is 12.8 Å². The summed E-state index contributed by atoms with van der Waals surface area (Å²) in [6.45, 7) is 3.15. The fraction of sp³-hybridized carbons (Fsp3) is 0.412. The number of nitrogens with one attached hydrogen (secondary N) is 1. The third-order valence-corrected chi connectivity index (χ3v) is 4.74. The van der Waals surface area contributed by atoms with Gasteiger partial charge in [-0.1, -0.05) is 12.5 Å². The Morgan fingerprint density at radius 3 is 2.96 bits per heavy atom. The van der Waals surface area contributed by atoms with Gasteiger partial charge in [-0.15, -0.1) is 11.3 Å². The molecule has 0 spiro atoms. The minimum absolute atomic E-state index is 0.164. The molecule has 1 aliphatic heterocycles. The lowest BCUT2D eigenvalue weighted by atomic mass is 10.1. The second-order valence-corrected chi connectivity index (χ2v) is 6.52. The lowest BCUT2D eigenvalue weighted by Gasteiger charge is -2.25. The zero-order valence-electron chi connectivity index (χ0n) is 13.2. The topological polar surface area (TPSA) is 54.5 Å². The maximum absolute atomic E-state index is 12.3. The average molecular weight is 331 g/mol. The van der Waals surface area contributed by atoms with Crippen molar-refractivity contribution in [2.45, 2.75) is 25.8 Å². The van der Waals surface area contributed by atoms with Crippen LogP contribution in [0.15, 0.2) is 29.6 Å². The van der Waals surface area contributed by atoms with E-state index in [-0.39, 0.29) is 5.91 Å². The highest BCUT2D eigenvalue weighted by molar-refractivity contribution is 7.13. The Labute approximate surface area is 140 Å². The summed E-state index contributed by atoms with van der Waals surface area (Å²) < 4.78 is 5.15. The standard InChI is InChI=1S/C17H21N3O2S/c1-22-15-7-5-6-13(10-15)16(21)19-17-18-14(12-23-17)11-20-8-3-2-4-9-20/h5-7,10,12H,2-4,8-9,11H2,1H3,(H,18,19,21). The lowest BCUT2D eigenvalue weighted by Crippen LogP contribution is -2.29. The molecule has 6 heteroatoms. The number of carbonyl (C=O) groups excluding carboxylic acids is 1. The second-order valence-electron chi connectivity index (χ2n) is 5.67. The Balaban J connectivity index is 1.60. The normalized spacial score (nSPS) is 15.3. The quantitative estimate of drug-likeness (QED) is 0.912. The lowest BCUT2D eigenvalue weighted by molar-refractivity contribution is 0.102. The molecular weight excluding hydrogens is 310 g/mol. The number of anilines is 1. The molecule has 1 fully saturated rings. The Morgan fingerprint density at radius 1 is 1.35 bits per heavy atom. The van der Waals surface area contributed by atoms with Crippen molar-refractivity contribution >= 4 is 22.4 Å². The molecule has 1 amide bonds. The van der Waals surface area contributed by atoms with Crippen molar-refractivity contribution in [3.8, 4) is 5.75 Å². The van der Waals surface area contributed by atoms with Crippen LogP contribution >= 0.6 is 11.3 Å². The highest BCUT2D eigenvalue weighted by atomic mass is 32.1. The van der Waals surface area contributed by atoms with Crippen LogP contribution in [0, 0.1) is 0 Å². The van der Waals surface area contributed by atoms with Crippen molar-refractivity contribution < 1.29 is 9.53 Å². The molecule has 0 bridgehead atoms. The Bertz CT molecular complexity index is 665. The largest absolute Gasteiger partial charge is 0.497 e. The van der Waals surface area contributed by atoms with Crippen LogP contribution in [0.4, 0.5) is 5.13 Å². The molecule has 0 atom stereocenters. The molecule has 0 saturated carbocycles. The Hall–Kier alpha value is -1.92. The van der Waals surface area contributed by atoms with Crippen LogP contribution in [0.2, 0.25) is 0 Å². The van der Waals surface area contributed by atoms with Gasteiger partial charge in [-0.05, 0) is 44.1 Å². The van der Waals surface area contributed by atoms with E-state index in [1.807, 2.05) is 11.4 Å². The number of likely N-dealkylation sites (tertiary alicyclic amines) is 1. The summed E-state index contributed by atoms with van der Waals surface area (Å²) in [7, 11) is 1.59. The first-order chi connectivity index (χ1) is 11.2. The molecule has 1 saturated heterocycles. The number of hydrogen-bond donors (Lipinski definition) is 1. The SMILES string of the molecule is COc1cccc(C(=O)Nc2nc(CN3CCCCC3)cs2)c1. The van der Waals surface area contributed by atoms with Crippen molar-refractivity contribution in [1.29, 1.82) is 0 Å². The van der Waals surface area contributed by atoms with Gasteiger partial charge in [-0.2, -0.15) is 0 Å². The van der Waals surface area contributed by atoms with Crippen molar-refractivity contribution in [3.63, 3.8) is 0 Å². The van der Waals surface area contributed by atoms with E-state index in [0.29, 0.717) is 16.4 Å². The third-order valence-electron chi connectivity index (χ3n) is 3.94. The first kappa shape index (κ1) is 16.0. The molecule has 0 radical (unpaired) electrons. The number of amides is 1. The molecule has 1 aromatic heterocycles. The molecule has 0 aliphatic carbocycles. The van der Waals surface area contributed by atoms with Gasteiger partial charge in [0, 0.05) is 17.5 Å². The first-order valence-corrected chi connectivity index (χ1v) is 8.75. The van der Waals surface area contributed by atoms with Crippen molar-refractivity contribution in [2.75, 3.05) is 25.5 Å². The molecule has 5 nitrogen and oxygen atoms in total. The number of nitrogens with zero attached hydrogens (tertiary/aromatic N) is 2. The summed E-state index contributed by atoms with van der Waals surface area (Å²) in [6.07, 6.45) is 3.86. The summed E-state index contributed by atoms with van der Waals surface area (Å²) in [5.41, 5.74) is 1.59. The van der Waals surface area contributed by atoms with Gasteiger partial charge in [0.2, 0.25) is 0 Å². The third kappa shape index (κ3) is 4.30. The van der Waals surface area contributed by atoms with Crippen LogP contribution in [-0.4, -0.2) is 36.0 Å². The highest BCUT2D eigenvalue weighted by Crippen LogP contribution is 2.20. The van der Waals surface area contributed by atoms with E-state index < -0.39 is 0 Å². The summed E-state index contributed by atoms with van der Waals surface area (Å²) in [6, 6.07) is 7.10. The Morgan fingerprint density at radius 2 is 2.17 bits per heavy atom. The number of benzene rings is 1. The van der Waals surface area contributed by atoms with Crippen LogP contribution in [0.3, 0.4) is 0 Å². The van der Waals surface area contributed by atoms with Crippen molar-refractivity contribution in [3.05, 3.63) is 40.9 Å². The number of methoxy groups -OCH3 is 1. The summed E-state index contributed by atoms with van der Waals surface area (Å²) in [5.74, 6) is 0.505. The number of ether oxygens (including phenoxy) is 1. The molecule has 1 N–H and O–H groups in total. The molecule has 1 aromatic carbocycles. The number of aromatic nitrogens is 1. The van der Waals surface area contributed by atoms with E-state index >= 15 is 0 Å². The van der Waals surface area contributed by atoms with Gasteiger partial charge < -0.3 is 4.74 Å². The van der Waals surface area contributed by atoms with Crippen molar-refractivity contribution in [1.82, 2.24) is 9.88 Å². The highest BCUT2D eigenvalue weighted by Gasteiger charge is 2.14. The predicted octanol–water partition coefficient (Wildman–Crippen LogP) is 3.39. The maximum Gasteiger partial charge on any atom is 0.257 e. The molecule has 3 rings (SSSR count). The van der Waals surface area contributed by atoms with E-state index in [1.165, 1.54) is 30.6 Å². The molecule has 0 unspecified atom stereocenters. The fourth-order valence-electron chi connectivity index (χ4n) is 2.72. The number of rotatable bonds is 5. The van der Waals surface area contributed by atoms with E-state index in [9.17, 15) is 4.79 Å². The molecule has 1 aliphatic rings. The number of carbonyl (C=O) groups is 1. The van der Waals surface area contributed by atoms with E-state index in [2.05, 4.69) is 15.2 Å². The van der Waals surface area contributed by atoms with Crippen LogP contribution in [0.5, 0.6) is 5.75 Å².